The standard InChI is InChI=1S/C17H18Cl2N2O3S/c18-15-7-6-14(10-16(15)19)12-25(23,24)21-9-8-17(22)20-11-13-4-2-1-3-5-13/h1-7,10,21H,8-9,11-12H2,(H,20,22). The summed E-state index contributed by atoms with van der Waals surface area (Å²) < 4.78 is 26.5. The molecule has 8 heteroatoms. The quantitative estimate of drug-likeness (QED) is 0.714. The molecule has 0 radical (unpaired) electrons. The molecule has 0 fully saturated rings. The molecular weight excluding hydrogens is 383 g/mol. The Kier molecular flexibility index (Phi) is 7.25. The molecule has 134 valence electrons. The van der Waals surface area contributed by atoms with Crippen LogP contribution in [0.15, 0.2) is 48.5 Å². The maximum atomic E-state index is 12.0. The van der Waals surface area contributed by atoms with E-state index in [4.69, 9.17) is 23.2 Å². The third kappa shape index (κ3) is 7.04. The number of nitrogens with one attached hydrogen (secondary N) is 2. The number of hydrogen-bond acceptors (Lipinski definition) is 3. The van der Waals surface area contributed by atoms with E-state index in [1.165, 1.54) is 6.07 Å². The second-order valence-electron chi connectivity index (χ2n) is 5.41. The lowest BCUT2D eigenvalue weighted by Gasteiger charge is -2.08. The van der Waals surface area contributed by atoms with Crippen LogP contribution in [-0.2, 0) is 27.1 Å². The van der Waals surface area contributed by atoms with Gasteiger partial charge in [0.05, 0.1) is 15.8 Å². The molecule has 0 atom stereocenters. The van der Waals surface area contributed by atoms with Gasteiger partial charge in [-0.15, -0.1) is 0 Å². The van der Waals surface area contributed by atoms with E-state index in [-0.39, 0.29) is 24.6 Å². The number of hydrogen-bond donors (Lipinski definition) is 2. The van der Waals surface area contributed by atoms with Crippen LogP contribution in [0.2, 0.25) is 10.0 Å². The van der Waals surface area contributed by atoms with Crippen LogP contribution in [0.1, 0.15) is 17.5 Å². The molecule has 5 nitrogen and oxygen atoms in total. The second-order valence-corrected chi connectivity index (χ2v) is 8.04. The number of halogens is 2. The lowest BCUT2D eigenvalue weighted by atomic mass is 10.2. The minimum atomic E-state index is -3.56. The first kappa shape index (κ1) is 19.7. The van der Waals surface area contributed by atoms with E-state index in [0.717, 1.165) is 5.56 Å². The average molecular weight is 401 g/mol. The third-order valence-electron chi connectivity index (χ3n) is 3.35. The molecule has 0 spiro atoms. The third-order valence-corrected chi connectivity index (χ3v) is 5.44. The lowest BCUT2D eigenvalue weighted by Crippen LogP contribution is -2.31. The monoisotopic (exact) mass is 400 g/mol. The van der Waals surface area contributed by atoms with Gasteiger partial charge in [-0.05, 0) is 23.3 Å². The Morgan fingerprint density at radius 3 is 2.36 bits per heavy atom. The van der Waals surface area contributed by atoms with E-state index in [0.29, 0.717) is 22.2 Å². The Bertz CT molecular complexity index is 827. The first-order valence-corrected chi connectivity index (χ1v) is 9.98. The summed E-state index contributed by atoms with van der Waals surface area (Å²) >= 11 is 11.7. The zero-order valence-electron chi connectivity index (χ0n) is 13.3. The predicted molar refractivity (Wildman–Crippen MR) is 100.0 cm³/mol. The zero-order valence-corrected chi connectivity index (χ0v) is 15.7. The molecule has 0 aliphatic rings. The highest BCUT2D eigenvalue weighted by Crippen LogP contribution is 2.23. The van der Waals surface area contributed by atoms with Gasteiger partial charge in [0.15, 0.2) is 0 Å². The van der Waals surface area contributed by atoms with Gasteiger partial charge >= 0.3 is 0 Å². The Hall–Kier alpha value is -1.60. The van der Waals surface area contributed by atoms with Crippen molar-refractivity contribution in [2.24, 2.45) is 0 Å². The molecule has 2 N–H and O–H groups in total. The van der Waals surface area contributed by atoms with E-state index in [1.54, 1.807) is 12.1 Å². The van der Waals surface area contributed by atoms with Crippen molar-refractivity contribution in [2.75, 3.05) is 6.54 Å². The first-order valence-electron chi connectivity index (χ1n) is 7.57. The van der Waals surface area contributed by atoms with Crippen molar-refractivity contribution >= 4 is 39.1 Å². The molecule has 2 aromatic carbocycles. The van der Waals surface area contributed by atoms with Crippen molar-refractivity contribution in [3.63, 3.8) is 0 Å². The highest BCUT2D eigenvalue weighted by atomic mass is 35.5. The highest BCUT2D eigenvalue weighted by molar-refractivity contribution is 7.88. The normalized spacial score (nSPS) is 11.3. The van der Waals surface area contributed by atoms with Gasteiger partial charge in [-0.2, -0.15) is 0 Å². The fourth-order valence-electron chi connectivity index (χ4n) is 2.10. The molecular formula is C17H18Cl2N2O3S. The van der Waals surface area contributed by atoms with Crippen LogP contribution in [-0.4, -0.2) is 20.9 Å². The number of carbonyl (C=O) groups excluding carboxylic acids is 1. The molecule has 1 amide bonds. The van der Waals surface area contributed by atoms with Crippen molar-refractivity contribution in [3.8, 4) is 0 Å². The van der Waals surface area contributed by atoms with Crippen LogP contribution in [0.3, 0.4) is 0 Å². The average Bonchev–Trinajstić information content (AvgIpc) is 2.57. The Labute approximate surface area is 157 Å². The van der Waals surface area contributed by atoms with Gasteiger partial charge in [-0.25, -0.2) is 13.1 Å². The topological polar surface area (TPSA) is 75.3 Å². The predicted octanol–water partition coefficient (Wildman–Crippen LogP) is 3.12. The highest BCUT2D eigenvalue weighted by Gasteiger charge is 2.13. The summed E-state index contributed by atoms with van der Waals surface area (Å²) in [7, 11) is -3.56. The van der Waals surface area contributed by atoms with Gasteiger partial charge in [-0.3, -0.25) is 4.79 Å². The maximum Gasteiger partial charge on any atom is 0.221 e. The molecule has 0 aromatic heterocycles. The van der Waals surface area contributed by atoms with Gasteiger partial charge < -0.3 is 5.32 Å². The summed E-state index contributed by atoms with van der Waals surface area (Å²) in [5, 5.41) is 3.41. The zero-order chi connectivity index (χ0) is 18.3. The Balaban J connectivity index is 1.75. The molecule has 25 heavy (non-hydrogen) atoms. The van der Waals surface area contributed by atoms with E-state index in [9.17, 15) is 13.2 Å². The molecule has 2 rings (SSSR count). The van der Waals surface area contributed by atoms with Crippen molar-refractivity contribution in [1.82, 2.24) is 10.0 Å². The Morgan fingerprint density at radius 1 is 0.960 bits per heavy atom. The minimum Gasteiger partial charge on any atom is -0.352 e. The summed E-state index contributed by atoms with van der Waals surface area (Å²) in [6, 6.07) is 14.1. The van der Waals surface area contributed by atoms with Crippen molar-refractivity contribution < 1.29 is 13.2 Å². The van der Waals surface area contributed by atoms with Crippen molar-refractivity contribution in [3.05, 3.63) is 69.7 Å². The summed E-state index contributed by atoms with van der Waals surface area (Å²) in [5.41, 5.74) is 1.51. The molecule has 0 aliphatic carbocycles. The van der Waals surface area contributed by atoms with Crippen LogP contribution in [0, 0.1) is 0 Å². The molecule has 0 bridgehead atoms. The largest absolute Gasteiger partial charge is 0.352 e. The fraction of sp³-hybridized carbons (Fsp3) is 0.235. The minimum absolute atomic E-state index is 0.0320. The Morgan fingerprint density at radius 2 is 1.68 bits per heavy atom. The van der Waals surface area contributed by atoms with E-state index < -0.39 is 10.0 Å². The van der Waals surface area contributed by atoms with Crippen LogP contribution >= 0.6 is 23.2 Å². The first-order chi connectivity index (χ1) is 11.9. The van der Waals surface area contributed by atoms with Gasteiger partial charge in [0, 0.05) is 19.5 Å². The number of sulfonamides is 1. The van der Waals surface area contributed by atoms with Gasteiger partial charge in [-0.1, -0.05) is 59.6 Å². The summed E-state index contributed by atoms with van der Waals surface area (Å²) in [4.78, 5) is 11.8. The number of carbonyl (C=O) groups is 1. The van der Waals surface area contributed by atoms with E-state index in [1.807, 2.05) is 30.3 Å². The van der Waals surface area contributed by atoms with E-state index >= 15 is 0 Å². The van der Waals surface area contributed by atoms with Crippen LogP contribution in [0.25, 0.3) is 0 Å². The number of benzene rings is 2. The molecule has 0 unspecified atom stereocenters. The summed E-state index contributed by atoms with van der Waals surface area (Å²) in [6.07, 6.45) is 0.0629. The van der Waals surface area contributed by atoms with Gasteiger partial charge in [0.2, 0.25) is 15.9 Å². The molecule has 2 aromatic rings. The van der Waals surface area contributed by atoms with Crippen LogP contribution in [0.4, 0.5) is 0 Å². The van der Waals surface area contributed by atoms with Gasteiger partial charge in [0.25, 0.3) is 0 Å². The fourth-order valence-corrected chi connectivity index (χ4v) is 3.56. The van der Waals surface area contributed by atoms with Crippen molar-refractivity contribution in [1.29, 1.82) is 0 Å². The smallest absolute Gasteiger partial charge is 0.221 e. The van der Waals surface area contributed by atoms with Crippen LogP contribution in [0.5, 0.6) is 0 Å². The van der Waals surface area contributed by atoms with E-state index in [2.05, 4.69) is 10.0 Å². The molecule has 0 aliphatic heterocycles. The summed E-state index contributed by atoms with van der Waals surface area (Å²) in [5.74, 6) is -0.448. The maximum absolute atomic E-state index is 12.0. The number of rotatable bonds is 8. The lowest BCUT2D eigenvalue weighted by molar-refractivity contribution is -0.121. The molecule has 0 heterocycles. The summed E-state index contributed by atoms with van der Waals surface area (Å²) in [6.45, 7) is 0.444. The van der Waals surface area contributed by atoms with Crippen molar-refractivity contribution in [2.45, 2.75) is 18.7 Å². The van der Waals surface area contributed by atoms with Gasteiger partial charge in [0.1, 0.15) is 0 Å². The molecule has 0 saturated carbocycles. The second kappa shape index (κ2) is 9.20. The SMILES string of the molecule is O=C(CCNS(=O)(=O)Cc1ccc(Cl)c(Cl)c1)NCc1ccccc1. The molecule has 0 saturated heterocycles. The number of amides is 1. The van der Waals surface area contributed by atoms with Crippen LogP contribution < -0.4 is 10.0 Å².